The molecule has 1 aliphatic rings. The highest BCUT2D eigenvalue weighted by atomic mass is 32.2. The number of rotatable bonds is 3. The van der Waals surface area contributed by atoms with Crippen molar-refractivity contribution < 1.29 is 4.79 Å². The fourth-order valence-electron chi connectivity index (χ4n) is 1.56. The van der Waals surface area contributed by atoms with E-state index in [0.717, 1.165) is 37.0 Å². The molecule has 2 rings (SSSR count). The third-order valence-corrected chi connectivity index (χ3v) is 4.26. The normalized spacial score (nSPS) is 27.7. The Labute approximate surface area is 85.3 Å². The van der Waals surface area contributed by atoms with Crippen LogP contribution in [0.25, 0.3) is 0 Å². The second-order valence-electron chi connectivity index (χ2n) is 3.21. The molecule has 1 fully saturated rings. The summed E-state index contributed by atoms with van der Waals surface area (Å²) in [4.78, 5) is 11.0. The van der Waals surface area contributed by atoms with Crippen molar-refractivity contribution in [3.05, 3.63) is 11.9 Å². The minimum absolute atomic E-state index is 0.199. The Morgan fingerprint density at radius 3 is 3.15 bits per heavy atom. The van der Waals surface area contributed by atoms with Gasteiger partial charge in [-0.3, -0.25) is 0 Å². The molecule has 1 unspecified atom stereocenters. The maximum atomic E-state index is 11.0. The van der Waals surface area contributed by atoms with Crippen LogP contribution in [0, 0.1) is 0 Å². The lowest BCUT2D eigenvalue weighted by Gasteiger charge is -2.18. The second kappa shape index (κ2) is 3.75. The van der Waals surface area contributed by atoms with E-state index in [0.29, 0.717) is 0 Å². The monoisotopic (exact) mass is 214 g/mol. The van der Waals surface area contributed by atoms with E-state index in [1.807, 2.05) is 0 Å². The third kappa shape index (κ3) is 1.91. The summed E-state index contributed by atoms with van der Waals surface area (Å²) in [5.74, 6) is 1.09. The lowest BCUT2D eigenvalue weighted by Crippen LogP contribution is -2.26. The van der Waals surface area contributed by atoms with Crippen LogP contribution >= 0.6 is 23.5 Å². The van der Waals surface area contributed by atoms with Crippen LogP contribution < -0.4 is 0 Å². The number of aromatic nitrogens is 2. The molecule has 5 heteroatoms. The number of thioether (sulfide) groups is 1. The minimum atomic E-state index is -0.199. The van der Waals surface area contributed by atoms with Gasteiger partial charge < -0.3 is 4.79 Å². The van der Waals surface area contributed by atoms with Gasteiger partial charge >= 0.3 is 0 Å². The summed E-state index contributed by atoms with van der Waals surface area (Å²) in [6.07, 6.45) is 5.72. The molecular weight excluding hydrogens is 204 g/mol. The maximum absolute atomic E-state index is 11.0. The smallest absolute Gasteiger partial charge is 0.136 e. The molecule has 0 bridgehead atoms. The van der Waals surface area contributed by atoms with Crippen LogP contribution in [0.4, 0.5) is 0 Å². The number of aldehydes is 1. The van der Waals surface area contributed by atoms with Gasteiger partial charge in [0.1, 0.15) is 6.29 Å². The van der Waals surface area contributed by atoms with Gasteiger partial charge in [0.15, 0.2) is 0 Å². The van der Waals surface area contributed by atoms with Crippen LogP contribution in [0.1, 0.15) is 18.5 Å². The molecule has 0 radical (unpaired) electrons. The van der Waals surface area contributed by atoms with Gasteiger partial charge in [-0.2, -0.15) is 8.75 Å². The lowest BCUT2D eigenvalue weighted by atomic mass is 9.99. The van der Waals surface area contributed by atoms with Crippen LogP contribution in [0.3, 0.4) is 0 Å². The molecule has 0 spiro atoms. The van der Waals surface area contributed by atoms with Crippen LogP contribution in [0.2, 0.25) is 0 Å². The van der Waals surface area contributed by atoms with Crippen molar-refractivity contribution >= 4 is 29.8 Å². The van der Waals surface area contributed by atoms with E-state index in [-0.39, 0.29) is 4.75 Å². The average Bonchev–Trinajstić information content (AvgIpc) is 2.77. The van der Waals surface area contributed by atoms with E-state index < -0.39 is 0 Å². The summed E-state index contributed by atoms with van der Waals surface area (Å²) in [6, 6.07) is 0. The van der Waals surface area contributed by atoms with Crippen LogP contribution in [0.5, 0.6) is 0 Å². The van der Waals surface area contributed by atoms with Gasteiger partial charge in [-0.1, -0.05) is 0 Å². The molecular formula is C8H10N2OS2. The summed E-state index contributed by atoms with van der Waals surface area (Å²) < 4.78 is 7.87. The van der Waals surface area contributed by atoms with Gasteiger partial charge in [-0.25, -0.2) is 0 Å². The first-order chi connectivity index (χ1) is 6.35. The summed E-state index contributed by atoms with van der Waals surface area (Å²) in [7, 11) is 0. The van der Waals surface area contributed by atoms with E-state index in [1.165, 1.54) is 11.7 Å². The predicted molar refractivity (Wildman–Crippen MR) is 54.1 cm³/mol. The minimum Gasteiger partial charge on any atom is -0.302 e. The highest BCUT2D eigenvalue weighted by Crippen LogP contribution is 2.38. The van der Waals surface area contributed by atoms with Crippen LogP contribution in [-0.2, 0) is 11.2 Å². The van der Waals surface area contributed by atoms with Crippen molar-refractivity contribution in [1.82, 2.24) is 8.75 Å². The highest BCUT2D eigenvalue weighted by molar-refractivity contribution is 8.01. The standard InChI is InChI=1S/C8H10N2OS2/c11-6-8(2-1-3-12-8)4-7-5-9-13-10-7/h5-6H,1-4H2. The van der Waals surface area contributed by atoms with Crippen molar-refractivity contribution in [2.24, 2.45) is 0 Å². The van der Waals surface area contributed by atoms with Gasteiger partial charge in [0.2, 0.25) is 0 Å². The molecule has 13 heavy (non-hydrogen) atoms. The Kier molecular flexibility index (Phi) is 2.64. The first kappa shape index (κ1) is 9.15. The van der Waals surface area contributed by atoms with Crippen molar-refractivity contribution in [3.63, 3.8) is 0 Å². The van der Waals surface area contributed by atoms with Gasteiger partial charge in [0.05, 0.1) is 28.4 Å². The van der Waals surface area contributed by atoms with Gasteiger partial charge in [0, 0.05) is 6.42 Å². The number of hydrogen-bond donors (Lipinski definition) is 0. The fourth-order valence-corrected chi connectivity index (χ4v) is 3.30. The molecule has 1 aromatic heterocycles. The van der Waals surface area contributed by atoms with Gasteiger partial charge in [-0.15, -0.1) is 11.8 Å². The first-order valence-electron chi connectivity index (χ1n) is 4.21. The molecule has 0 N–H and O–H groups in total. The third-order valence-electron chi connectivity index (χ3n) is 2.24. The maximum Gasteiger partial charge on any atom is 0.136 e. The molecule has 2 heterocycles. The summed E-state index contributed by atoms with van der Waals surface area (Å²) in [6.45, 7) is 0. The van der Waals surface area contributed by atoms with Gasteiger partial charge in [0.25, 0.3) is 0 Å². The van der Waals surface area contributed by atoms with Crippen molar-refractivity contribution in [2.45, 2.75) is 24.0 Å². The zero-order chi connectivity index (χ0) is 9.15. The SMILES string of the molecule is O=CC1(Cc2cnsn2)CCCS1. The lowest BCUT2D eigenvalue weighted by molar-refractivity contribution is -0.109. The molecule has 0 aromatic carbocycles. The topological polar surface area (TPSA) is 42.9 Å². The van der Waals surface area contributed by atoms with Crippen LogP contribution in [0.15, 0.2) is 6.20 Å². The van der Waals surface area contributed by atoms with Crippen LogP contribution in [-0.4, -0.2) is 25.5 Å². The molecule has 0 saturated carbocycles. The average molecular weight is 214 g/mol. The van der Waals surface area contributed by atoms with E-state index in [9.17, 15) is 4.79 Å². The first-order valence-corrected chi connectivity index (χ1v) is 5.93. The van der Waals surface area contributed by atoms with Crippen molar-refractivity contribution in [3.8, 4) is 0 Å². The Hall–Kier alpha value is -0.420. The molecule has 1 aromatic rings. The Bertz CT molecular complexity index is 280. The van der Waals surface area contributed by atoms with Crippen molar-refractivity contribution in [2.75, 3.05) is 5.75 Å². The second-order valence-corrected chi connectivity index (χ2v) is 5.28. The van der Waals surface area contributed by atoms with E-state index in [4.69, 9.17) is 0 Å². The van der Waals surface area contributed by atoms with E-state index in [2.05, 4.69) is 8.75 Å². The Morgan fingerprint density at radius 1 is 1.69 bits per heavy atom. The molecule has 1 atom stereocenters. The summed E-state index contributed by atoms with van der Waals surface area (Å²) >= 11 is 2.96. The number of carbonyl (C=O) groups excluding carboxylic acids is 1. The molecule has 0 aliphatic carbocycles. The molecule has 1 aliphatic heterocycles. The highest BCUT2D eigenvalue weighted by Gasteiger charge is 2.35. The Morgan fingerprint density at radius 2 is 2.62 bits per heavy atom. The molecule has 1 saturated heterocycles. The van der Waals surface area contributed by atoms with Crippen molar-refractivity contribution in [1.29, 1.82) is 0 Å². The van der Waals surface area contributed by atoms with E-state index in [1.54, 1.807) is 18.0 Å². The summed E-state index contributed by atoms with van der Waals surface area (Å²) in [5, 5.41) is 0. The zero-order valence-electron chi connectivity index (χ0n) is 7.10. The fraction of sp³-hybridized carbons (Fsp3) is 0.625. The number of carbonyl (C=O) groups is 1. The molecule has 3 nitrogen and oxygen atoms in total. The predicted octanol–water partition coefficient (Wildman–Crippen LogP) is 1.55. The quantitative estimate of drug-likeness (QED) is 0.716. The molecule has 70 valence electrons. The Balaban J connectivity index is 2.10. The number of hydrogen-bond acceptors (Lipinski definition) is 5. The summed E-state index contributed by atoms with van der Waals surface area (Å²) in [5.41, 5.74) is 0.950. The number of nitrogens with zero attached hydrogens (tertiary/aromatic N) is 2. The van der Waals surface area contributed by atoms with E-state index >= 15 is 0 Å². The largest absolute Gasteiger partial charge is 0.302 e. The zero-order valence-corrected chi connectivity index (χ0v) is 8.74. The van der Waals surface area contributed by atoms with Gasteiger partial charge in [-0.05, 0) is 18.6 Å². The molecule has 0 amide bonds.